The average Bonchev–Trinajstić information content (AvgIpc) is 2.35. The molecular weight excluding hydrogens is 214 g/mol. The Morgan fingerprint density at radius 2 is 1.65 bits per heavy atom. The summed E-state index contributed by atoms with van der Waals surface area (Å²) in [6.45, 7) is 0. The first kappa shape index (κ1) is 9.90. The van der Waals surface area contributed by atoms with E-state index in [0.717, 1.165) is 16.3 Å². The molecule has 0 saturated heterocycles. The second-order valence-corrected chi connectivity index (χ2v) is 4.15. The van der Waals surface area contributed by atoms with Gasteiger partial charge in [0.15, 0.2) is 17.7 Å². The summed E-state index contributed by atoms with van der Waals surface area (Å²) in [6, 6.07) is 11.3. The van der Waals surface area contributed by atoms with Crippen molar-refractivity contribution in [2.45, 2.75) is 0 Å². The summed E-state index contributed by atoms with van der Waals surface area (Å²) in [5, 5.41) is 22.1. The minimum Gasteiger partial charge on any atom is -0.504 e. The number of hydrogen-bond acceptors (Lipinski definition) is 2. The Balaban J connectivity index is 2.62. The molecule has 1 heterocycles. The van der Waals surface area contributed by atoms with Gasteiger partial charge >= 0.3 is 0 Å². The van der Waals surface area contributed by atoms with E-state index in [1.165, 1.54) is 6.07 Å². The number of para-hydroxylation sites is 1. The molecule has 0 spiro atoms. The Bertz CT molecular complexity index is 735. The largest absolute Gasteiger partial charge is 0.504 e. The number of aromatic hydroxyl groups is 2. The van der Waals surface area contributed by atoms with Crippen LogP contribution in [0.25, 0.3) is 21.7 Å². The van der Waals surface area contributed by atoms with Crippen LogP contribution < -0.4 is 4.57 Å². The van der Waals surface area contributed by atoms with E-state index in [1.807, 2.05) is 48.1 Å². The third-order valence-electron chi connectivity index (χ3n) is 3.09. The predicted octanol–water partition coefficient (Wildman–Crippen LogP) is 2.23. The lowest BCUT2D eigenvalue weighted by atomic mass is 10.1. The highest BCUT2D eigenvalue weighted by molar-refractivity contribution is 6.06. The van der Waals surface area contributed by atoms with E-state index in [0.29, 0.717) is 5.39 Å². The summed E-state index contributed by atoms with van der Waals surface area (Å²) in [4.78, 5) is 0. The number of phenols is 2. The summed E-state index contributed by atoms with van der Waals surface area (Å²) in [5.41, 5.74) is 1.09. The van der Waals surface area contributed by atoms with E-state index >= 15 is 0 Å². The van der Waals surface area contributed by atoms with Gasteiger partial charge in [-0.2, -0.15) is 0 Å². The molecule has 0 aliphatic rings. The Labute approximate surface area is 98.2 Å². The van der Waals surface area contributed by atoms with E-state index in [-0.39, 0.29) is 11.5 Å². The highest BCUT2D eigenvalue weighted by Crippen LogP contribution is 2.35. The quantitative estimate of drug-likeness (QED) is 0.351. The van der Waals surface area contributed by atoms with Crippen LogP contribution in [0, 0.1) is 0 Å². The molecule has 0 saturated carbocycles. The molecule has 2 N–H and O–H groups in total. The monoisotopic (exact) mass is 226 g/mol. The van der Waals surface area contributed by atoms with Crippen molar-refractivity contribution in [2.24, 2.45) is 7.05 Å². The van der Waals surface area contributed by atoms with Crippen molar-refractivity contribution < 1.29 is 14.8 Å². The number of benzene rings is 2. The zero-order valence-corrected chi connectivity index (χ0v) is 9.38. The highest BCUT2D eigenvalue weighted by Gasteiger charge is 2.14. The van der Waals surface area contributed by atoms with Crippen molar-refractivity contribution in [3.8, 4) is 11.5 Å². The van der Waals surface area contributed by atoms with Gasteiger partial charge in [0.25, 0.3) is 0 Å². The summed E-state index contributed by atoms with van der Waals surface area (Å²) in [6.07, 6.45) is 1.83. The van der Waals surface area contributed by atoms with Crippen molar-refractivity contribution in [3.63, 3.8) is 0 Å². The zero-order chi connectivity index (χ0) is 12.0. The normalized spacial score (nSPS) is 11.1. The van der Waals surface area contributed by atoms with Gasteiger partial charge in [0.1, 0.15) is 7.05 Å². The lowest BCUT2D eigenvalue weighted by molar-refractivity contribution is -0.643. The van der Waals surface area contributed by atoms with Crippen LogP contribution >= 0.6 is 0 Å². The van der Waals surface area contributed by atoms with Gasteiger partial charge in [-0.3, -0.25) is 0 Å². The molecule has 0 unspecified atom stereocenters. The predicted molar refractivity (Wildman–Crippen MR) is 66.0 cm³/mol. The van der Waals surface area contributed by atoms with Crippen LogP contribution in [0.1, 0.15) is 0 Å². The average molecular weight is 226 g/mol. The van der Waals surface area contributed by atoms with Crippen molar-refractivity contribution in [3.05, 3.63) is 42.6 Å². The Morgan fingerprint density at radius 1 is 0.882 bits per heavy atom. The minimum absolute atomic E-state index is 0.0659. The van der Waals surface area contributed by atoms with Crippen LogP contribution in [0.4, 0.5) is 0 Å². The Morgan fingerprint density at radius 3 is 2.47 bits per heavy atom. The standard InChI is InChI=1S/C14H11NO2/c1-15-8-11-9(6-7-13(16)14(11)17)10-4-2-3-5-12(10)15/h2-8,16H,1H3/p+1. The first-order valence-corrected chi connectivity index (χ1v) is 5.40. The zero-order valence-electron chi connectivity index (χ0n) is 9.38. The molecule has 0 amide bonds. The van der Waals surface area contributed by atoms with Crippen molar-refractivity contribution in [1.82, 2.24) is 0 Å². The molecular formula is C14H12NO2+. The van der Waals surface area contributed by atoms with E-state index in [1.54, 1.807) is 0 Å². The van der Waals surface area contributed by atoms with Gasteiger partial charge < -0.3 is 10.2 Å². The minimum atomic E-state index is -0.0900. The van der Waals surface area contributed by atoms with Gasteiger partial charge in [-0.15, -0.1) is 0 Å². The summed E-state index contributed by atoms with van der Waals surface area (Å²) in [7, 11) is 1.92. The van der Waals surface area contributed by atoms with E-state index in [4.69, 9.17) is 0 Å². The Hall–Kier alpha value is -2.29. The molecule has 17 heavy (non-hydrogen) atoms. The second kappa shape index (κ2) is 3.35. The molecule has 0 radical (unpaired) electrons. The molecule has 0 aliphatic carbocycles. The maximum absolute atomic E-state index is 9.88. The summed E-state index contributed by atoms with van der Waals surface area (Å²) >= 11 is 0. The van der Waals surface area contributed by atoms with Crippen LogP contribution in [0.15, 0.2) is 42.6 Å². The van der Waals surface area contributed by atoms with Crippen LogP contribution in [0.5, 0.6) is 11.5 Å². The molecule has 0 bridgehead atoms. The van der Waals surface area contributed by atoms with Crippen molar-refractivity contribution >= 4 is 21.7 Å². The number of phenolic OH excluding ortho intramolecular Hbond substituents is 2. The fourth-order valence-corrected chi connectivity index (χ4v) is 2.23. The van der Waals surface area contributed by atoms with Crippen LogP contribution in [-0.2, 0) is 7.05 Å². The van der Waals surface area contributed by atoms with Gasteiger partial charge in [-0.1, -0.05) is 12.1 Å². The fraction of sp³-hybridized carbons (Fsp3) is 0.0714. The number of aryl methyl sites for hydroxylation is 1. The summed E-state index contributed by atoms with van der Waals surface area (Å²) in [5.74, 6) is -0.156. The van der Waals surface area contributed by atoms with Gasteiger partial charge in [-0.25, -0.2) is 4.57 Å². The van der Waals surface area contributed by atoms with E-state index < -0.39 is 0 Å². The first-order valence-electron chi connectivity index (χ1n) is 5.40. The summed E-state index contributed by atoms with van der Waals surface area (Å²) < 4.78 is 1.94. The van der Waals surface area contributed by atoms with Gasteiger partial charge in [0.05, 0.1) is 10.8 Å². The molecule has 0 aliphatic heterocycles. The highest BCUT2D eigenvalue weighted by atomic mass is 16.3. The number of rotatable bonds is 0. The molecule has 84 valence electrons. The topological polar surface area (TPSA) is 44.3 Å². The molecule has 3 rings (SSSR count). The number of nitrogens with zero attached hydrogens (tertiary/aromatic N) is 1. The van der Waals surface area contributed by atoms with Gasteiger partial charge in [-0.05, 0) is 18.2 Å². The Kier molecular flexibility index (Phi) is 1.95. The maximum atomic E-state index is 9.88. The number of aromatic nitrogens is 1. The molecule has 1 aromatic heterocycles. The lowest BCUT2D eigenvalue weighted by Crippen LogP contribution is -2.28. The molecule has 0 fully saturated rings. The number of fused-ring (bicyclic) bond motifs is 3. The fourth-order valence-electron chi connectivity index (χ4n) is 2.23. The van der Waals surface area contributed by atoms with Gasteiger partial charge in [0, 0.05) is 11.5 Å². The molecule has 3 aromatic rings. The maximum Gasteiger partial charge on any atom is 0.212 e. The second-order valence-electron chi connectivity index (χ2n) is 4.15. The first-order chi connectivity index (χ1) is 8.18. The number of pyridine rings is 1. The third-order valence-corrected chi connectivity index (χ3v) is 3.09. The number of hydrogen-bond donors (Lipinski definition) is 2. The van der Waals surface area contributed by atoms with Crippen molar-refractivity contribution in [2.75, 3.05) is 0 Å². The van der Waals surface area contributed by atoms with E-state index in [2.05, 4.69) is 0 Å². The van der Waals surface area contributed by atoms with Crippen LogP contribution in [-0.4, -0.2) is 10.2 Å². The van der Waals surface area contributed by atoms with Crippen molar-refractivity contribution in [1.29, 1.82) is 0 Å². The molecule has 2 aromatic carbocycles. The van der Waals surface area contributed by atoms with Crippen LogP contribution in [0.3, 0.4) is 0 Å². The lowest BCUT2D eigenvalue weighted by Gasteiger charge is -2.05. The van der Waals surface area contributed by atoms with Gasteiger partial charge in [0.2, 0.25) is 5.52 Å². The molecule has 0 atom stereocenters. The molecule has 3 heteroatoms. The molecule has 3 nitrogen and oxygen atoms in total. The van der Waals surface area contributed by atoms with E-state index in [9.17, 15) is 10.2 Å². The smallest absolute Gasteiger partial charge is 0.212 e. The SMILES string of the molecule is C[n+]1cc2c(O)c(O)ccc2c2ccccc21. The van der Waals surface area contributed by atoms with Crippen LogP contribution in [0.2, 0.25) is 0 Å². The third kappa shape index (κ3) is 1.32.